The fraction of sp³-hybridized carbons (Fsp3) is 0.684. The lowest BCUT2D eigenvalue weighted by molar-refractivity contribution is 0.131. The molecule has 1 aromatic heterocycles. The standard InChI is InChI=1S/C19H31N5/c1-3-19(8-6-9-19)15-23-18(20-2)22-14-16-7-10-21-17(13-16)24-11-4-5-12-24/h7,10,13H,3-6,8-9,11-12,14-15H2,1-2H3,(H2,20,22,23). The van der Waals surface area contributed by atoms with Gasteiger partial charge in [-0.05, 0) is 55.2 Å². The highest BCUT2D eigenvalue weighted by molar-refractivity contribution is 5.79. The summed E-state index contributed by atoms with van der Waals surface area (Å²) in [5, 5.41) is 6.96. The Labute approximate surface area is 146 Å². The average Bonchev–Trinajstić information content (AvgIpc) is 3.12. The fourth-order valence-electron chi connectivity index (χ4n) is 3.70. The zero-order valence-corrected chi connectivity index (χ0v) is 15.1. The van der Waals surface area contributed by atoms with Crippen molar-refractivity contribution in [3.05, 3.63) is 23.9 Å². The Morgan fingerprint density at radius 1 is 1.25 bits per heavy atom. The highest BCUT2D eigenvalue weighted by Crippen LogP contribution is 2.42. The first kappa shape index (κ1) is 17.1. The maximum Gasteiger partial charge on any atom is 0.191 e. The van der Waals surface area contributed by atoms with E-state index in [9.17, 15) is 0 Å². The van der Waals surface area contributed by atoms with Crippen LogP contribution in [0, 0.1) is 5.41 Å². The number of hydrogen-bond donors (Lipinski definition) is 2. The molecule has 1 saturated carbocycles. The van der Waals surface area contributed by atoms with Crippen LogP contribution in [0.25, 0.3) is 0 Å². The normalized spacial score (nSPS) is 19.9. The lowest BCUT2D eigenvalue weighted by Gasteiger charge is -2.41. The molecule has 3 rings (SSSR count). The van der Waals surface area contributed by atoms with Crippen molar-refractivity contribution < 1.29 is 0 Å². The monoisotopic (exact) mass is 329 g/mol. The Kier molecular flexibility index (Phi) is 5.59. The molecule has 2 N–H and O–H groups in total. The quantitative estimate of drug-likeness (QED) is 0.622. The SMILES string of the molecule is CCC1(CNC(=NC)NCc2ccnc(N3CCCC3)c2)CCC1. The van der Waals surface area contributed by atoms with Gasteiger partial charge in [0.2, 0.25) is 0 Å². The minimum atomic E-state index is 0.497. The van der Waals surface area contributed by atoms with E-state index in [-0.39, 0.29) is 0 Å². The van der Waals surface area contributed by atoms with Gasteiger partial charge in [-0.15, -0.1) is 0 Å². The molecule has 2 aliphatic rings. The van der Waals surface area contributed by atoms with Gasteiger partial charge >= 0.3 is 0 Å². The van der Waals surface area contributed by atoms with Crippen molar-refractivity contribution >= 4 is 11.8 Å². The second-order valence-electron chi connectivity index (χ2n) is 7.20. The molecule has 2 heterocycles. The summed E-state index contributed by atoms with van der Waals surface area (Å²) < 4.78 is 0. The maximum absolute atomic E-state index is 4.52. The molecule has 1 aromatic rings. The lowest BCUT2D eigenvalue weighted by atomic mass is 9.67. The summed E-state index contributed by atoms with van der Waals surface area (Å²) in [6, 6.07) is 4.28. The number of anilines is 1. The molecule has 0 radical (unpaired) electrons. The number of aliphatic imine (C=N–C) groups is 1. The van der Waals surface area contributed by atoms with Gasteiger partial charge in [0.05, 0.1) is 0 Å². The topological polar surface area (TPSA) is 52.6 Å². The van der Waals surface area contributed by atoms with Crippen LogP contribution in [0.4, 0.5) is 5.82 Å². The Morgan fingerprint density at radius 3 is 2.67 bits per heavy atom. The highest BCUT2D eigenvalue weighted by Gasteiger charge is 2.34. The first-order valence-electron chi connectivity index (χ1n) is 9.39. The third kappa shape index (κ3) is 4.00. The summed E-state index contributed by atoms with van der Waals surface area (Å²) in [4.78, 5) is 11.3. The Hall–Kier alpha value is -1.78. The minimum absolute atomic E-state index is 0.497. The summed E-state index contributed by atoms with van der Waals surface area (Å²) in [5.41, 5.74) is 1.75. The van der Waals surface area contributed by atoms with E-state index in [2.05, 4.69) is 44.6 Å². The summed E-state index contributed by atoms with van der Waals surface area (Å²) in [6.07, 6.45) is 9.79. The minimum Gasteiger partial charge on any atom is -0.357 e. The van der Waals surface area contributed by atoms with Crippen LogP contribution >= 0.6 is 0 Å². The number of nitrogens with zero attached hydrogens (tertiary/aromatic N) is 3. The summed E-state index contributed by atoms with van der Waals surface area (Å²) in [6.45, 7) is 6.37. The molecule has 0 amide bonds. The Balaban J connectivity index is 1.51. The summed E-state index contributed by atoms with van der Waals surface area (Å²) in [5.74, 6) is 2.00. The lowest BCUT2D eigenvalue weighted by Crippen LogP contribution is -2.46. The van der Waals surface area contributed by atoms with Crippen molar-refractivity contribution in [2.75, 3.05) is 31.6 Å². The van der Waals surface area contributed by atoms with Crippen LogP contribution < -0.4 is 15.5 Å². The third-order valence-corrected chi connectivity index (χ3v) is 5.72. The van der Waals surface area contributed by atoms with Crippen molar-refractivity contribution in [3.63, 3.8) is 0 Å². The van der Waals surface area contributed by atoms with Crippen LogP contribution in [0.2, 0.25) is 0 Å². The first-order chi connectivity index (χ1) is 11.7. The second kappa shape index (κ2) is 7.86. The second-order valence-corrected chi connectivity index (χ2v) is 7.20. The molecule has 1 saturated heterocycles. The number of aromatic nitrogens is 1. The van der Waals surface area contributed by atoms with Gasteiger partial charge in [0.1, 0.15) is 5.82 Å². The van der Waals surface area contributed by atoms with E-state index in [4.69, 9.17) is 0 Å². The molecule has 0 atom stereocenters. The predicted molar refractivity (Wildman–Crippen MR) is 100 cm³/mol. The van der Waals surface area contributed by atoms with Crippen LogP contribution in [0.3, 0.4) is 0 Å². The van der Waals surface area contributed by atoms with Crippen molar-refractivity contribution in [3.8, 4) is 0 Å². The number of rotatable bonds is 6. The number of nitrogens with one attached hydrogen (secondary N) is 2. The van der Waals surface area contributed by atoms with Crippen molar-refractivity contribution in [1.29, 1.82) is 0 Å². The van der Waals surface area contributed by atoms with Crippen molar-refractivity contribution in [1.82, 2.24) is 15.6 Å². The zero-order chi connectivity index (χ0) is 16.8. The Bertz CT molecular complexity index is 553. The van der Waals surface area contributed by atoms with E-state index in [0.717, 1.165) is 38.0 Å². The van der Waals surface area contributed by atoms with Crippen LogP contribution in [-0.2, 0) is 6.54 Å². The maximum atomic E-state index is 4.52. The fourth-order valence-corrected chi connectivity index (χ4v) is 3.70. The van der Waals surface area contributed by atoms with Gasteiger partial charge in [0.15, 0.2) is 5.96 Å². The molecular weight excluding hydrogens is 298 g/mol. The van der Waals surface area contributed by atoms with Gasteiger partial charge in [-0.25, -0.2) is 4.98 Å². The largest absolute Gasteiger partial charge is 0.357 e. The molecule has 2 fully saturated rings. The van der Waals surface area contributed by atoms with Gasteiger partial charge in [-0.1, -0.05) is 13.3 Å². The molecule has 0 unspecified atom stereocenters. The van der Waals surface area contributed by atoms with Gasteiger partial charge in [0, 0.05) is 39.4 Å². The molecule has 1 aliphatic heterocycles. The van der Waals surface area contributed by atoms with Crippen LogP contribution in [0.15, 0.2) is 23.3 Å². The zero-order valence-electron chi connectivity index (χ0n) is 15.1. The smallest absolute Gasteiger partial charge is 0.191 e. The predicted octanol–water partition coefficient (Wildman–Crippen LogP) is 2.93. The average molecular weight is 329 g/mol. The van der Waals surface area contributed by atoms with Gasteiger partial charge in [-0.2, -0.15) is 0 Å². The molecular formula is C19H31N5. The molecule has 0 spiro atoms. The Morgan fingerprint density at radius 2 is 2.04 bits per heavy atom. The number of guanidine groups is 1. The molecule has 24 heavy (non-hydrogen) atoms. The number of pyridine rings is 1. The summed E-state index contributed by atoms with van der Waals surface area (Å²) >= 11 is 0. The molecule has 5 nitrogen and oxygen atoms in total. The van der Waals surface area contributed by atoms with E-state index in [0.29, 0.717) is 5.41 Å². The molecule has 5 heteroatoms. The van der Waals surface area contributed by atoms with Crippen molar-refractivity contribution in [2.45, 2.75) is 52.0 Å². The molecule has 0 aromatic carbocycles. The van der Waals surface area contributed by atoms with Crippen LogP contribution in [0.5, 0.6) is 0 Å². The van der Waals surface area contributed by atoms with E-state index in [1.165, 1.54) is 44.1 Å². The number of hydrogen-bond acceptors (Lipinski definition) is 3. The summed E-state index contributed by atoms with van der Waals surface area (Å²) in [7, 11) is 1.84. The third-order valence-electron chi connectivity index (χ3n) is 5.72. The van der Waals surface area contributed by atoms with Crippen LogP contribution in [-0.4, -0.2) is 37.6 Å². The molecule has 0 bridgehead atoms. The highest BCUT2D eigenvalue weighted by atomic mass is 15.2. The van der Waals surface area contributed by atoms with Gasteiger partial charge in [0.25, 0.3) is 0 Å². The van der Waals surface area contributed by atoms with E-state index in [1.54, 1.807) is 0 Å². The van der Waals surface area contributed by atoms with Crippen molar-refractivity contribution in [2.24, 2.45) is 10.4 Å². The molecule has 1 aliphatic carbocycles. The van der Waals surface area contributed by atoms with E-state index >= 15 is 0 Å². The first-order valence-corrected chi connectivity index (χ1v) is 9.39. The van der Waals surface area contributed by atoms with E-state index < -0.39 is 0 Å². The molecule has 132 valence electrons. The van der Waals surface area contributed by atoms with E-state index in [1.807, 2.05) is 13.2 Å². The van der Waals surface area contributed by atoms with Crippen LogP contribution in [0.1, 0.15) is 51.0 Å². The van der Waals surface area contributed by atoms with Gasteiger partial charge in [-0.3, -0.25) is 4.99 Å². The van der Waals surface area contributed by atoms with Gasteiger partial charge < -0.3 is 15.5 Å².